The Balaban J connectivity index is 1.55. The molecule has 1 aliphatic rings. The van der Waals surface area contributed by atoms with Crippen molar-refractivity contribution >= 4 is 51.9 Å². The second kappa shape index (κ2) is 9.71. The Morgan fingerprint density at radius 1 is 1.24 bits per heavy atom. The number of hydrogen-bond donors (Lipinski definition) is 1. The highest BCUT2D eigenvalue weighted by Crippen LogP contribution is 2.33. The Morgan fingerprint density at radius 2 is 2.03 bits per heavy atom. The maximum atomic E-state index is 12.7. The molecular weight excluding hydrogens is 404 g/mol. The second-order valence-corrected chi connectivity index (χ2v) is 8.25. The maximum absolute atomic E-state index is 12.7. The van der Waals surface area contributed by atoms with Gasteiger partial charge in [-0.1, -0.05) is 54.3 Å². The van der Waals surface area contributed by atoms with Gasteiger partial charge in [0.2, 0.25) is 5.91 Å². The Bertz CT molecular complexity index is 972. The van der Waals surface area contributed by atoms with Crippen LogP contribution in [-0.4, -0.2) is 34.7 Å². The van der Waals surface area contributed by atoms with Crippen molar-refractivity contribution in [2.45, 2.75) is 19.8 Å². The highest BCUT2D eigenvalue weighted by Gasteiger charge is 2.31. The highest BCUT2D eigenvalue weighted by molar-refractivity contribution is 8.26. The fourth-order valence-electron chi connectivity index (χ4n) is 2.90. The lowest BCUT2D eigenvalue weighted by Crippen LogP contribution is -2.29. The van der Waals surface area contributed by atoms with Crippen LogP contribution in [-0.2, 0) is 9.59 Å². The van der Waals surface area contributed by atoms with E-state index in [-0.39, 0.29) is 11.8 Å². The molecule has 7 heteroatoms. The van der Waals surface area contributed by atoms with Gasteiger partial charge in [-0.15, -0.1) is 0 Å². The summed E-state index contributed by atoms with van der Waals surface area (Å²) in [6, 6.07) is 15.1. The van der Waals surface area contributed by atoms with Crippen LogP contribution in [0.4, 0.5) is 5.69 Å². The van der Waals surface area contributed by atoms with Crippen molar-refractivity contribution in [1.82, 2.24) is 4.90 Å². The fraction of sp³-hybridized carbons (Fsp3) is 0.227. The van der Waals surface area contributed by atoms with Crippen molar-refractivity contribution in [3.8, 4) is 5.75 Å². The van der Waals surface area contributed by atoms with Gasteiger partial charge in [0.1, 0.15) is 10.1 Å². The van der Waals surface area contributed by atoms with Crippen molar-refractivity contribution < 1.29 is 14.3 Å². The number of para-hydroxylation sites is 1. The van der Waals surface area contributed by atoms with Crippen LogP contribution in [0.25, 0.3) is 6.08 Å². The summed E-state index contributed by atoms with van der Waals surface area (Å²) in [5.41, 5.74) is 2.70. The molecule has 0 saturated carbocycles. The van der Waals surface area contributed by atoms with E-state index < -0.39 is 0 Å². The molecule has 3 rings (SSSR count). The van der Waals surface area contributed by atoms with Gasteiger partial charge in [0, 0.05) is 18.7 Å². The molecule has 0 aliphatic carbocycles. The summed E-state index contributed by atoms with van der Waals surface area (Å²) >= 11 is 6.64. The summed E-state index contributed by atoms with van der Waals surface area (Å²) in [7, 11) is 1.61. The molecule has 2 amide bonds. The van der Waals surface area contributed by atoms with Crippen molar-refractivity contribution in [3.05, 3.63) is 64.6 Å². The first-order chi connectivity index (χ1) is 14.0. The molecule has 1 heterocycles. The molecule has 0 unspecified atom stereocenters. The molecule has 0 radical (unpaired) electrons. The topological polar surface area (TPSA) is 58.6 Å². The van der Waals surface area contributed by atoms with E-state index in [1.807, 2.05) is 61.5 Å². The van der Waals surface area contributed by atoms with Crippen molar-refractivity contribution in [3.63, 3.8) is 0 Å². The fourth-order valence-corrected chi connectivity index (χ4v) is 4.21. The zero-order valence-corrected chi connectivity index (χ0v) is 17.9. The molecule has 0 atom stereocenters. The van der Waals surface area contributed by atoms with Gasteiger partial charge in [0.25, 0.3) is 5.91 Å². The number of carbonyl (C=O) groups is 2. The van der Waals surface area contributed by atoms with Gasteiger partial charge in [-0.25, -0.2) is 0 Å². The second-order valence-electron chi connectivity index (χ2n) is 6.58. The van der Waals surface area contributed by atoms with Crippen LogP contribution in [0.5, 0.6) is 5.75 Å². The molecule has 1 N–H and O–H groups in total. The monoisotopic (exact) mass is 426 g/mol. The third kappa shape index (κ3) is 5.46. The zero-order chi connectivity index (χ0) is 20.8. The molecule has 2 aromatic rings. The average molecular weight is 427 g/mol. The Labute approximate surface area is 180 Å². The van der Waals surface area contributed by atoms with E-state index in [1.165, 1.54) is 11.8 Å². The summed E-state index contributed by atoms with van der Waals surface area (Å²) in [5, 5.41) is 2.91. The highest BCUT2D eigenvalue weighted by atomic mass is 32.2. The standard InChI is InChI=1S/C22H22N2O3S2/c1-15-7-3-4-10-18(15)23-20(25)11-6-12-24-21(26)19(29-22(24)28)14-16-8-5-9-17(13-16)27-2/h3-5,7-10,13-14H,6,11-12H2,1-2H3,(H,23,25)/b19-14-. The van der Waals surface area contributed by atoms with Crippen LogP contribution in [0.3, 0.4) is 0 Å². The molecule has 2 aromatic carbocycles. The SMILES string of the molecule is COc1cccc(/C=C2\SC(=S)N(CCCC(=O)Nc3ccccc3C)C2=O)c1. The van der Waals surface area contributed by atoms with Crippen molar-refractivity contribution in [2.24, 2.45) is 0 Å². The van der Waals surface area contributed by atoms with Crippen LogP contribution >= 0.6 is 24.0 Å². The minimum atomic E-state index is -0.123. The summed E-state index contributed by atoms with van der Waals surface area (Å²) in [6.07, 6.45) is 2.67. The number of rotatable bonds is 7. The van der Waals surface area contributed by atoms with Gasteiger partial charge >= 0.3 is 0 Å². The first-order valence-electron chi connectivity index (χ1n) is 9.23. The predicted octanol–water partition coefficient (Wildman–Crippen LogP) is 4.62. The molecule has 1 saturated heterocycles. The van der Waals surface area contributed by atoms with Crippen molar-refractivity contribution in [2.75, 3.05) is 19.0 Å². The number of thiocarbonyl (C=S) groups is 1. The number of amides is 2. The van der Waals surface area contributed by atoms with Gasteiger partial charge in [0.15, 0.2) is 0 Å². The predicted molar refractivity (Wildman–Crippen MR) is 122 cm³/mol. The third-order valence-electron chi connectivity index (χ3n) is 4.47. The van der Waals surface area contributed by atoms with Crippen LogP contribution in [0.15, 0.2) is 53.4 Å². The lowest BCUT2D eigenvalue weighted by atomic mass is 10.2. The van der Waals surface area contributed by atoms with Gasteiger partial charge in [-0.2, -0.15) is 0 Å². The lowest BCUT2D eigenvalue weighted by molar-refractivity contribution is -0.122. The van der Waals surface area contributed by atoms with E-state index in [0.717, 1.165) is 22.6 Å². The Morgan fingerprint density at radius 3 is 2.79 bits per heavy atom. The van der Waals surface area contributed by atoms with Crippen LogP contribution < -0.4 is 10.1 Å². The molecule has 0 bridgehead atoms. The molecule has 0 aromatic heterocycles. The smallest absolute Gasteiger partial charge is 0.266 e. The molecular formula is C22H22N2O3S2. The minimum Gasteiger partial charge on any atom is -0.497 e. The normalized spacial score (nSPS) is 15.1. The van der Waals surface area contributed by atoms with E-state index in [0.29, 0.717) is 28.6 Å². The van der Waals surface area contributed by atoms with E-state index in [1.54, 1.807) is 12.0 Å². The van der Waals surface area contributed by atoms with Gasteiger partial charge in [0.05, 0.1) is 12.0 Å². The zero-order valence-electron chi connectivity index (χ0n) is 16.3. The minimum absolute atomic E-state index is 0.0725. The summed E-state index contributed by atoms with van der Waals surface area (Å²) in [4.78, 5) is 27.0. The number of hydrogen-bond acceptors (Lipinski definition) is 5. The number of ether oxygens (including phenoxy) is 1. The Kier molecular flexibility index (Phi) is 7.06. The van der Waals surface area contributed by atoms with Gasteiger partial charge in [-0.05, 0) is 48.7 Å². The summed E-state index contributed by atoms with van der Waals surface area (Å²) in [5.74, 6) is 0.535. The number of carbonyl (C=O) groups excluding carboxylic acids is 2. The number of thioether (sulfide) groups is 1. The van der Waals surface area contributed by atoms with Crippen molar-refractivity contribution in [1.29, 1.82) is 0 Å². The number of anilines is 1. The average Bonchev–Trinajstić information content (AvgIpc) is 2.97. The third-order valence-corrected chi connectivity index (χ3v) is 5.85. The van der Waals surface area contributed by atoms with Gasteiger partial charge < -0.3 is 10.1 Å². The molecule has 1 aliphatic heterocycles. The lowest BCUT2D eigenvalue weighted by Gasteiger charge is -2.14. The van der Waals surface area contributed by atoms with E-state index in [4.69, 9.17) is 17.0 Å². The van der Waals surface area contributed by atoms with E-state index in [2.05, 4.69) is 5.32 Å². The van der Waals surface area contributed by atoms with E-state index >= 15 is 0 Å². The summed E-state index contributed by atoms with van der Waals surface area (Å²) in [6.45, 7) is 2.37. The largest absolute Gasteiger partial charge is 0.497 e. The molecule has 0 spiro atoms. The number of nitrogens with zero attached hydrogens (tertiary/aromatic N) is 1. The van der Waals surface area contributed by atoms with Crippen LogP contribution in [0.1, 0.15) is 24.0 Å². The van der Waals surface area contributed by atoms with E-state index in [9.17, 15) is 9.59 Å². The molecule has 150 valence electrons. The molecule has 29 heavy (non-hydrogen) atoms. The summed E-state index contributed by atoms with van der Waals surface area (Å²) < 4.78 is 5.74. The van der Waals surface area contributed by atoms with Gasteiger partial charge in [-0.3, -0.25) is 14.5 Å². The van der Waals surface area contributed by atoms with Crippen LogP contribution in [0, 0.1) is 6.92 Å². The quantitative estimate of drug-likeness (QED) is 0.517. The Hall–Kier alpha value is -2.64. The number of aryl methyl sites for hydroxylation is 1. The van der Waals surface area contributed by atoms with Crippen LogP contribution in [0.2, 0.25) is 0 Å². The first kappa shape index (κ1) is 21.1. The maximum Gasteiger partial charge on any atom is 0.266 e. The number of methoxy groups -OCH3 is 1. The number of benzene rings is 2. The first-order valence-corrected chi connectivity index (χ1v) is 10.5. The molecule has 5 nitrogen and oxygen atoms in total. The molecule has 1 fully saturated rings. The number of nitrogens with one attached hydrogen (secondary N) is 1.